The molecule has 0 aliphatic carbocycles. The minimum Gasteiger partial charge on any atom is -0.401 e. The first kappa shape index (κ1) is 19.4. The molecular weight excluding hydrogens is 432 g/mol. The van der Waals surface area contributed by atoms with Crippen molar-refractivity contribution in [3.63, 3.8) is 0 Å². The lowest BCUT2D eigenvalue weighted by Gasteiger charge is -2.08. The molecule has 0 aliphatic heterocycles. The van der Waals surface area contributed by atoms with Crippen molar-refractivity contribution in [1.29, 1.82) is 0 Å². The SMILES string of the molecule is Cc1ccc(Cl)c2c(=O)oc(-c3cc(C(F)(F)F)nn3-c3ncccc3Cl)nc12. The van der Waals surface area contributed by atoms with E-state index in [0.717, 1.165) is 4.68 Å². The third kappa shape index (κ3) is 3.36. The number of hydrogen-bond donors (Lipinski definition) is 0. The highest BCUT2D eigenvalue weighted by atomic mass is 35.5. The Morgan fingerprint density at radius 2 is 1.90 bits per heavy atom. The summed E-state index contributed by atoms with van der Waals surface area (Å²) in [7, 11) is 0. The summed E-state index contributed by atoms with van der Waals surface area (Å²) in [5.74, 6) is -0.454. The maximum Gasteiger partial charge on any atom is 0.435 e. The predicted molar refractivity (Wildman–Crippen MR) is 100 cm³/mol. The Morgan fingerprint density at radius 3 is 2.59 bits per heavy atom. The van der Waals surface area contributed by atoms with E-state index in [2.05, 4.69) is 15.1 Å². The van der Waals surface area contributed by atoms with E-state index in [1.165, 1.54) is 24.4 Å². The van der Waals surface area contributed by atoms with Crippen molar-refractivity contribution in [2.75, 3.05) is 0 Å². The fourth-order valence-corrected chi connectivity index (χ4v) is 3.18. The van der Waals surface area contributed by atoms with Gasteiger partial charge in [0.2, 0.25) is 5.89 Å². The summed E-state index contributed by atoms with van der Waals surface area (Å²) in [5.41, 5.74) is -1.50. The second-order valence-corrected chi connectivity index (χ2v) is 6.84. The highest BCUT2D eigenvalue weighted by Crippen LogP contribution is 2.34. The standard InChI is InChI=1S/C18H9Cl2F3N4O2/c1-8-4-5-9(19)13-14(8)25-16(29-17(13)28)11-7-12(18(21,22)23)26-27(11)15-10(20)3-2-6-24-15/h2-7H,1H3. The van der Waals surface area contributed by atoms with Crippen LogP contribution in [0.4, 0.5) is 13.2 Å². The summed E-state index contributed by atoms with van der Waals surface area (Å²) in [6.07, 6.45) is -3.41. The lowest BCUT2D eigenvalue weighted by atomic mass is 10.1. The zero-order chi connectivity index (χ0) is 20.9. The van der Waals surface area contributed by atoms with Gasteiger partial charge in [0.15, 0.2) is 11.5 Å². The number of rotatable bonds is 2. The number of hydrogen-bond acceptors (Lipinski definition) is 5. The number of benzene rings is 1. The molecule has 6 nitrogen and oxygen atoms in total. The van der Waals surface area contributed by atoms with Gasteiger partial charge in [-0.25, -0.2) is 19.4 Å². The Hall–Kier alpha value is -2.91. The van der Waals surface area contributed by atoms with Crippen LogP contribution in [0.3, 0.4) is 0 Å². The van der Waals surface area contributed by atoms with E-state index < -0.39 is 17.5 Å². The number of aromatic nitrogens is 4. The molecule has 0 saturated heterocycles. The van der Waals surface area contributed by atoms with Crippen LogP contribution in [0.15, 0.2) is 45.7 Å². The molecule has 0 fully saturated rings. The molecule has 3 aromatic heterocycles. The third-order valence-corrected chi connectivity index (χ3v) is 4.70. The summed E-state index contributed by atoms with van der Waals surface area (Å²) < 4.78 is 45.9. The van der Waals surface area contributed by atoms with Crippen molar-refractivity contribution in [2.45, 2.75) is 13.1 Å². The van der Waals surface area contributed by atoms with Gasteiger partial charge in [0.25, 0.3) is 0 Å². The maximum atomic E-state index is 13.3. The van der Waals surface area contributed by atoms with E-state index in [-0.39, 0.29) is 38.4 Å². The number of alkyl halides is 3. The van der Waals surface area contributed by atoms with Gasteiger partial charge in [-0.05, 0) is 30.7 Å². The van der Waals surface area contributed by atoms with Crippen LogP contribution in [0.25, 0.3) is 28.3 Å². The molecule has 148 valence electrons. The Bertz CT molecular complexity index is 1310. The highest BCUT2D eigenvalue weighted by molar-refractivity contribution is 6.35. The second kappa shape index (κ2) is 6.85. The van der Waals surface area contributed by atoms with Crippen LogP contribution >= 0.6 is 23.2 Å². The fraction of sp³-hybridized carbons (Fsp3) is 0.111. The topological polar surface area (TPSA) is 73.8 Å². The largest absolute Gasteiger partial charge is 0.435 e. The minimum absolute atomic E-state index is 0.0356. The number of pyridine rings is 1. The number of aryl methyl sites for hydroxylation is 1. The van der Waals surface area contributed by atoms with Gasteiger partial charge >= 0.3 is 11.8 Å². The van der Waals surface area contributed by atoms with Crippen LogP contribution in [-0.4, -0.2) is 19.7 Å². The summed E-state index contributed by atoms with van der Waals surface area (Å²) in [5, 5.41) is 3.76. The zero-order valence-corrected chi connectivity index (χ0v) is 16.0. The highest BCUT2D eigenvalue weighted by Gasteiger charge is 2.36. The van der Waals surface area contributed by atoms with Gasteiger partial charge in [-0.2, -0.15) is 18.3 Å². The summed E-state index contributed by atoms with van der Waals surface area (Å²) in [6, 6.07) is 6.81. The van der Waals surface area contributed by atoms with Gasteiger partial charge in [0.1, 0.15) is 11.1 Å². The quantitative estimate of drug-likeness (QED) is 0.434. The molecule has 0 spiro atoms. The Labute approximate surface area is 170 Å². The first-order valence-corrected chi connectivity index (χ1v) is 8.81. The predicted octanol–water partition coefficient (Wildman–Crippen LogP) is 5.07. The van der Waals surface area contributed by atoms with Gasteiger partial charge in [-0.15, -0.1) is 0 Å². The van der Waals surface area contributed by atoms with Gasteiger partial charge in [-0.1, -0.05) is 29.3 Å². The van der Waals surface area contributed by atoms with Gasteiger partial charge in [-0.3, -0.25) is 0 Å². The summed E-state index contributed by atoms with van der Waals surface area (Å²) in [6.45, 7) is 1.68. The van der Waals surface area contributed by atoms with E-state index in [1.54, 1.807) is 13.0 Å². The van der Waals surface area contributed by atoms with E-state index >= 15 is 0 Å². The molecule has 0 unspecified atom stereocenters. The van der Waals surface area contributed by atoms with Crippen molar-refractivity contribution >= 4 is 34.1 Å². The summed E-state index contributed by atoms with van der Waals surface area (Å²) in [4.78, 5) is 20.7. The third-order valence-electron chi connectivity index (χ3n) is 4.09. The summed E-state index contributed by atoms with van der Waals surface area (Å²) >= 11 is 12.1. The van der Waals surface area contributed by atoms with Crippen LogP contribution in [-0.2, 0) is 6.18 Å². The van der Waals surface area contributed by atoms with Crippen LogP contribution in [0.5, 0.6) is 0 Å². The van der Waals surface area contributed by atoms with E-state index in [4.69, 9.17) is 27.6 Å². The van der Waals surface area contributed by atoms with Crippen molar-refractivity contribution in [2.24, 2.45) is 0 Å². The molecule has 3 heterocycles. The number of nitrogens with zero attached hydrogens (tertiary/aromatic N) is 4. The van der Waals surface area contributed by atoms with E-state index in [1.807, 2.05) is 0 Å². The first-order chi connectivity index (χ1) is 13.7. The molecule has 0 atom stereocenters. The van der Waals surface area contributed by atoms with Gasteiger partial charge < -0.3 is 4.42 Å². The second-order valence-electron chi connectivity index (χ2n) is 6.03. The van der Waals surface area contributed by atoms with Crippen LogP contribution < -0.4 is 5.63 Å². The molecule has 0 bridgehead atoms. The molecular formula is C18H9Cl2F3N4O2. The Morgan fingerprint density at radius 1 is 1.14 bits per heavy atom. The molecule has 11 heteroatoms. The van der Waals surface area contributed by atoms with Crippen molar-refractivity contribution in [3.8, 4) is 17.4 Å². The molecule has 0 N–H and O–H groups in total. The smallest absolute Gasteiger partial charge is 0.401 e. The van der Waals surface area contributed by atoms with Crippen molar-refractivity contribution < 1.29 is 17.6 Å². The lowest BCUT2D eigenvalue weighted by molar-refractivity contribution is -0.141. The molecule has 1 aromatic carbocycles. The molecule has 0 amide bonds. The molecule has 0 saturated carbocycles. The molecule has 4 aromatic rings. The maximum absolute atomic E-state index is 13.3. The monoisotopic (exact) mass is 440 g/mol. The van der Waals surface area contributed by atoms with Crippen molar-refractivity contribution in [3.05, 3.63) is 68.3 Å². The van der Waals surface area contributed by atoms with E-state index in [0.29, 0.717) is 11.6 Å². The van der Waals surface area contributed by atoms with Gasteiger partial charge in [0.05, 0.1) is 15.6 Å². The average molecular weight is 441 g/mol. The van der Waals surface area contributed by atoms with Gasteiger partial charge in [0, 0.05) is 12.3 Å². The van der Waals surface area contributed by atoms with Crippen LogP contribution in [0.2, 0.25) is 10.0 Å². The first-order valence-electron chi connectivity index (χ1n) is 8.05. The molecule has 29 heavy (non-hydrogen) atoms. The van der Waals surface area contributed by atoms with Crippen LogP contribution in [0, 0.1) is 6.92 Å². The molecule has 0 aliphatic rings. The van der Waals surface area contributed by atoms with Crippen molar-refractivity contribution in [1.82, 2.24) is 19.7 Å². The average Bonchev–Trinajstić information content (AvgIpc) is 3.10. The molecule has 4 rings (SSSR count). The number of fused-ring (bicyclic) bond motifs is 1. The number of halogens is 5. The molecule has 0 radical (unpaired) electrons. The zero-order valence-electron chi connectivity index (χ0n) is 14.5. The Kier molecular flexibility index (Phi) is 4.59. The normalized spacial score (nSPS) is 11.9. The minimum atomic E-state index is -4.75. The van der Waals surface area contributed by atoms with Crippen LogP contribution in [0.1, 0.15) is 11.3 Å². The Balaban J connectivity index is 2.05. The van der Waals surface area contributed by atoms with E-state index in [9.17, 15) is 18.0 Å². The lowest BCUT2D eigenvalue weighted by Crippen LogP contribution is -2.09. The fourth-order valence-electron chi connectivity index (χ4n) is 2.75.